The van der Waals surface area contributed by atoms with Gasteiger partial charge >= 0.3 is 5.97 Å². The summed E-state index contributed by atoms with van der Waals surface area (Å²) in [4.78, 5) is 21.7. The van der Waals surface area contributed by atoms with Crippen molar-refractivity contribution >= 4 is 5.97 Å². The van der Waals surface area contributed by atoms with Crippen molar-refractivity contribution in [1.82, 2.24) is 14.9 Å². The SMILES string of the molecule is CCC(=O)OC(C)(C)C.CCCN(Cc1ccccn1)Cc1ccccn1. The number of ether oxygens (including phenoxy) is 1. The van der Waals surface area contributed by atoms with E-state index in [1.54, 1.807) is 6.92 Å². The minimum absolute atomic E-state index is 0.137. The van der Waals surface area contributed by atoms with Gasteiger partial charge in [-0.05, 0) is 58.0 Å². The number of carbonyl (C=O) groups excluding carboxylic acids is 1. The lowest BCUT2D eigenvalue weighted by atomic mass is 10.2. The van der Waals surface area contributed by atoms with Gasteiger partial charge in [0.15, 0.2) is 0 Å². The molecule has 2 aromatic rings. The van der Waals surface area contributed by atoms with Crippen molar-refractivity contribution < 1.29 is 9.53 Å². The molecule has 0 aliphatic carbocycles. The number of aromatic nitrogens is 2. The monoisotopic (exact) mass is 371 g/mol. The predicted molar refractivity (Wildman–Crippen MR) is 109 cm³/mol. The molecule has 0 aliphatic rings. The van der Waals surface area contributed by atoms with E-state index in [1.807, 2.05) is 57.4 Å². The van der Waals surface area contributed by atoms with Crippen molar-refractivity contribution in [3.05, 3.63) is 60.2 Å². The molecule has 0 unspecified atom stereocenters. The summed E-state index contributed by atoms with van der Waals surface area (Å²) in [7, 11) is 0. The molecule has 0 aromatic carbocycles. The summed E-state index contributed by atoms with van der Waals surface area (Å²) >= 11 is 0. The van der Waals surface area contributed by atoms with E-state index in [9.17, 15) is 4.79 Å². The molecule has 0 atom stereocenters. The molecule has 0 bridgehead atoms. The van der Waals surface area contributed by atoms with E-state index < -0.39 is 0 Å². The number of pyridine rings is 2. The van der Waals surface area contributed by atoms with Gasteiger partial charge in [0, 0.05) is 31.9 Å². The lowest BCUT2D eigenvalue weighted by molar-refractivity contribution is -0.154. The van der Waals surface area contributed by atoms with E-state index in [4.69, 9.17) is 4.74 Å². The second-order valence-electron chi connectivity index (χ2n) is 7.29. The number of carbonyl (C=O) groups is 1. The second-order valence-corrected chi connectivity index (χ2v) is 7.29. The summed E-state index contributed by atoms with van der Waals surface area (Å²) in [6.45, 7) is 12.4. The molecule has 0 N–H and O–H groups in total. The van der Waals surface area contributed by atoms with E-state index in [0.29, 0.717) is 6.42 Å². The fraction of sp³-hybridized carbons (Fsp3) is 0.500. The Morgan fingerprint density at radius 3 is 1.78 bits per heavy atom. The average molecular weight is 372 g/mol. The topological polar surface area (TPSA) is 55.3 Å². The van der Waals surface area contributed by atoms with Crippen LogP contribution in [0.25, 0.3) is 0 Å². The van der Waals surface area contributed by atoms with Gasteiger partial charge in [0.2, 0.25) is 0 Å². The minimum atomic E-state index is -0.326. The number of esters is 1. The maximum atomic E-state index is 10.6. The summed E-state index contributed by atoms with van der Waals surface area (Å²) < 4.78 is 4.95. The largest absolute Gasteiger partial charge is 0.460 e. The van der Waals surface area contributed by atoms with Crippen LogP contribution in [0.1, 0.15) is 58.8 Å². The summed E-state index contributed by atoms with van der Waals surface area (Å²) in [5, 5.41) is 0. The molecule has 0 saturated carbocycles. The van der Waals surface area contributed by atoms with E-state index in [0.717, 1.165) is 37.4 Å². The zero-order valence-corrected chi connectivity index (χ0v) is 17.3. The van der Waals surface area contributed by atoms with E-state index in [1.165, 1.54) is 0 Å². The number of rotatable bonds is 7. The maximum absolute atomic E-state index is 10.6. The highest BCUT2D eigenvalue weighted by molar-refractivity contribution is 5.69. The second kappa shape index (κ2) is 12.2. The Morgan fingerprint density at radius 1 is 0.963 bits per heavy atom. The first-order valence-corrected chi connectivity index (χ1v) is 9.58. The zero-order valence-electron chi connectivity index (χ0n) is 17.3. The molecule has 27 heavy (non-hydrogen) atoms. The van der Waals surface area contributed by atoms with Crippen LogP contribution in [0.15, 0.2) is 48.8 Å². The van der Waals surface area contributed by atoms with E-state index in [2.05, 4.69) is 33.9 Å². The van der Waals surface area contributed by atoms with Gasteiger partial charge in [0.25, 0.3) is 0 Å². The van der Waals surface area contributed by atoms with Crippen molar-refractivity contribution in [3.8, 4) is 0 Å². The Morgan fingerprint density at radius 2 is 1.48 bits per heavy atom. The highest BCUT2D eigenvalue weighted by atomic mass is 16.6. The van der Waals surface area contributed by atoms with Crippen LogP contribution in [-0.4, -0.2) is 33.0 Å². The normalized spacial score (nSPS) is 10.9. The Bertz CT molecular complexity index is 598. The van der Waals surface area contributed by atoms with Crippen LogP contribution in [-0.2, 0) is 22.6 Å². The van der Waals surface area contributed by atoms with Crippen LogP contribution in [0, 0.1) is 0 Å². The zero-order chi connectivity index (χ0) is 20.1. The van der Waals surface area contributed by atoms with Crippen LogP contribution in [0.3, 0.4) is 0 Å². The van der Waals surface area contributed by atoms with Crippen molar-refractivity contribution in [2.45, 2.75) is 66.2 Å². The predicted octanol–water partition coefficient (Wildman–Crippen LogP) is 4.63. The minimum Gasteiger partial charge on any atom is -0.460 e. The molecule has 2 aromatic heterocycles. The van der Waals surface area contributed by atoms with Crippen LogP contribution in [0.4, 0.5) is 0 Å². The van der Waals surface area contributed by atoms with Gasteiger partial charge in [-0.3, -0.25) is 19.7 Å². The molecule has 2 heterocycles. The smallest absolute Gasteiger partial charge is 0.306 e. The summed E-state index contributed by atoms with van der Waals surface area (Å²) in [6.07, 6.45) is 5.29. The number of nitrogens with zero attached hydrogens (tertiary/aromatic N) is 3. The molecule has 0 radical (unpaired) electrons. The summed E-state index contributed by atoms with van der Waals surface area (Å²) in [6, 6.07) is 12.1. The molecule has 0 amide bonds. The molecule has 0 saturated heterocycles. The molecule has 0 aliphatic heterocycles. The fourth-order valence-corrected chi connectivity index (χ4v) is 2.39. The van der Waals surface area contributed by atoms with Gasteiger partial charge in [-0.25, -0.2) is 0 Å². The van der Waals surface area contributed by atoms with Gasteiger partial charge in [-0.2, -0.15) is 0 Å². The molecular weight excluding hydrogens is 338 g/mol. The van der Waals surface area contributed by atoms with Crippen molar-refractivity contribution in [2.75, 3.05) is 6.54 Å². The Kier molecular flexibility index (Phi) is 10.3. The maximum Gasteiger partial charge on any atom is 0.306 e. The van der Waals surface area contributed by atoms with Gasteiger partial charge < -0.3 is 4.74 Å². The van der Waals surface area contributed by atoms with Gasteiger partial charge in [-0.15, -0.1) is 0 Å². The quantitative estimate of drug-likeness (QED) is 0.664. The van der Waals surface area contributed by atoms with Crippen LogP contribution in [0.2, 0.25) is 0 Å². The molecular formula is C22H33N3O2. The Balaban J connectivity index is 0.000000345. The average Bonchev–Trinajstić information content (AvgIpc) is 2.63. The third-order valence-electron chi connectivity index (χ3n) is 3.47. The van der Waals surface area contributed by atoms with Crippen molar-refractivity contribution in [2.24, 2.45) is 0 Å². The van der Waals surface area contributed by atoms with Crippen LogP contribution >= 0.6 is 0 Å². The molecule has 0 fully saturated rings. The molecule has 148 valence electrons. The summed E-state index contributed by atoms with van der Waals surface area (Å²) in [5.74, 6) is -0.137. The van der Waals surface area contributed by atoms with Crippen LogP contribution in [0.5, 0.6) is 0 Å². The molecule has 2 rings (SSSR count). The first kappa shape index (κ1) is 22.8. The molecule has 5 heteroatoms. The first-order valence-electron chi connectivity index (χ1n) is 9.58. The number of hydrogen-bond acceptors (Lipinski definition) is 5. The Labute approximate surface area is 163 Å². The highest BCUT2D eigenvalue weighted by Gasteiger charge is 2.13. The van der Waals surface area contributed by atoms with Crippen LogP contribution < -0.4 is 0 Å². The van der Waals surface area contributed by atoms with Gasteiger partial charge in [-0.1, -0.05) is 26.0 Å². The summed E-state index contributed by atoms with van der Waals surface area (Å²) in [5.41, 5.74) is 1.90. The Hall–Kier alpha value is -2.27. The highest BCUT2D eigenvalue weighted by Crippen LogP contribution is 2.08. The van der Waals surface area contributed by atoms with Gasteiger partial charge in [0.1, 0.15) is 5.60 Å². The van der Waals surface area contributed by atoms with Gasteiger partial charge in [0.05, 0.1) is 11.4 Å². The first-order chi connectivity index (χ1) is 12.8. The standard InChI is InChI=1S/C15H19N3.C7H14O2/c1-2-11-18(12-14-7-3-5-9-16-14)13-15-8-4-6-10-17-15;1-5-6(8)9-7(2,3)4/h3-10H,2,11-13H2,1H3;5H2,1-4H3. The van der Waals surface area contributed by atoms with E-state index >= 15 is 0 Å². The lowest BCUT2D eigenvalue weighted by Gasteiger charge is -2.20. The van der Waals surface area contributed by atoms with Crippen molar-refractivity contribution in [1.29, 1.82) is 0 Å². The lowest BCUT2D eigenvalue weighted by Crippen LogP contribution is -2.24. The molecule has 0 spiro atoms. The molecule has 5 nitrogen and oxygen atoms in total. The van der Waals surface area contributed by atoms with E-state index in [-0.39, 0.29) is 11.6 Å². The fourth-order valence-electron chi connectivity index (χ4n) is 2.39. The van der Waals surface area contributed by atoms with Crippen molar-refractivity contribution in [3.63, 3.8) is 0 Å². The third kappa shape index (κ3) is 11.1. The number of hydrogen-bond donors (Lipinski definition) is 0. The third-order valence-corrected chi connectivity index (χ3v) is 3.47.